The van der Waals surface area contributed by atoms with Crippen LogP contribution < -0.4 is 5.32 Å². The topological polar surface area (TPSA) is 32.3 Å². The Morgan fingerprint density at radius 2 is 2.07 bits per heavy atom. The number of rotatable bonds is 2. The Labute approximate surface area is 86.7 Å². The fourth-order valence-electron chi connectivity index (χ4n) is 1.74. The first-order valence-electron chi connectivity index (χ1n) is 5.20. The summed E-state index contributed by atoms with van der Waals surface area (Å²) >= 11 is 0. The van der Waals surface area contributed by atoms with Gasteiger partial charge in [0.2, 0.25) is 0 Å². The molecule has 14 heavy (non-hydrogen) atoms. The summed E-state index contributed by atoms with van der Waals surface area (Å²) in [5.74, 6) is 0.756. The van der Waals surface area contributed by atoms with E-state index in [1.54, 1.807) is 0 Å². The van der Waals surface area contributed by atoms with Crippen molar-refractivity contribution in [2.75, 3.05) is 13.6 Å². The van der Waals surface area contributed by atoms with E-state index < -0.39 is 0 Å². The quantitative estimate of drug-likeness (QED) is 0.710. The highest BCUT2D eigenvalue weighted by molar-refractivity contribution is 5.26. The number of allylic oxidation sites excluding steroid dienone is 3. The van der Waals surface area contributed by atoms with Crippen molar-refractivity contribution < 1.29 is 5.11 Å². The van der Waals surface area contributed by atoms with E-state index in [2.05, 4.69) is 32.2 Å². The molecular weight excluding hydrogens is 174 g/mol. The second-order valence-electron chi connectivity index (χ2n) is 4.99. The van der Waals surface area contributed by atoms with Crippen molar-refractivity contribution in [2.24, 2.45) is 11.3 Å². The number of aliphatic hydroxyl groups excluding tert-OH is 1. The van der Waals surface area contributed by atoms with Crippen LogP contribution in [0.1, 0.15) is 27.2 Å². The van der Waals surface area contributed by atoms with Gasteiger partial charge < -0.3 is 10.4 Å². The smallest absolute Gasteiger partial charge is 0.0969 e. The first-order valence-corrected chi connectivity index (χ1v) is 5.20. The summed E-state index contributed by atoms with van der Waals surface area (Å²) in [5.41, 5.74) is 1.62. The Bertz CT molecular complexity index is 258. The molecule has 0 saturated carbocycles. The van der Waals surface area contributed by atoms with Gasteiger partial charge >= 0.3 is 0 Å². The van der Waals surface area contributed by atoms with Crippen LogP contribution in [-0.2, 0) is 0 Å². The molecule has 2 heteroatoms. The monoisotopic (exact) mass is 195 g/mol. The molecule has 0 amide bonds. The first-order chi connectivity index (χ1) is 6.45. The third-order valence-corrected chi connectivity index (χ3v) is 2.75. The largest absolute Gasteiger partial charge is 0.512 e. The second kappa shape index (κ2) is 4.18. The van der Waals surface area contributed by atoms with Gasteiger partial charge in [0.15, 0.2) is 0 Å². The van der Waals surface area contributed by atoms with Crippen molar-refractivity contribution in [3.63, 3.8) is 0 Å². The SMILES string of the molecule is CNCC1CC(C(C)(C)C)=CC=C1O. The second-order valence-corrected chi connectivity index (χ2v) is 4.99. The molecule has 0 aromatic rings. The molecule has 0 aromatic carbocycles. The molecule has 0 aromatic heterocycles. The summed E-state index contributed by atoms with van der Waals surface area (Å²) in [6, 6.07) is 0. The highest BCUT2D eigenvalue weighted by Gasteiger charge is 2.24. The molecule has 1 aliphatic carbocycles. The van der Waals surface area contributed by atoms with Gasteiger partial charge in [-0.15, -0.1) is 0 Å². The van der Waals surface area contributed by atoms with Crippen molar-refractivity contribution >= 4 is 0 Å². The van der Waals surface area contributed by atoms with Crippen molar-refractivity contribution in [3.05, 3.63) is 23.5 Å². The Morgan fingerprint density at radius 1 is 1.43 bits per heavy atom. The molecule has 1 unspecified atom stereocenters. The van der Waals surface area contributed by atoms with Crippen LogP contribution in [0.3, 0.4) is 0 Å². The molecule has 0 spiro atoms. The third kappa shape index (κ3) is 2.61. The van der Waals surface area contributed by atoms with Gasteiger partial charge in [-0.05, 0) is 25.0 Å². The van der Waals surface area contributed by atoms with Crippen LogP contribution in [0.25, 0.3) is 0 Å². The lowest BCUT2D eigenvalue weighted by atomic mass is 9.78. The van der Waals surface area contributed by atoms with Gasteiger partial charge in [-0.1, -0.05) is 32.4 Å². The van der Waals surface area contributed by atoms with E-state index in [4.69, 9.17) is 0 Å². The summed E-state index contributed by atoms with van der Waals surface area (Å²) in [5, 5.41) is 12.8. The summed E-state index contributed by atoms with van der Waals surface area (Å²) in [6.45, 7) is 7.48. The lowest BCUT2D eigenvalue weighted by molar-refractivity contribution is 0.306. The van der Waals surface area contributed by atoms with E-state index in [0.29, 0.717) is 5.76 Å². The molecular formula is C12H21NO. The van der Waals surface area contributed by atoms with Gasteiger partial charge in [0.25, 0.3) is 0 Å². The highest BCUT2D eigenvalue weighted by Crippen LogP contribution is 2.34. The molecule has 1 atom stereocenters. The lowest BCUT2D eigenvalue weighted by Gasteiger charge is -2.29. The molecule has 2 N–H and O–H groups in total. The average molecular weight is 195 g/mol. The average Bonchev–Trinajstić information content (AvgIpc) is 2.07. The predicted octanol–water partition coefficient (Wildman–Crippen LogP) is 2.64. The van der Waals surface area contributed by atoms with Crippen LogP contribution in [-0.4, -0.2) is 18.7 Å². The molecule has 1 rings (SSSR count). The Morgan fingerprint density at radius 3 is 2.57 bits per heavy atom. The van der Waals surface area contributed by atoms with Gasteiger partial charge in [-0.25, -0.2) is 0 Å². The van der Waals surface area contributed by atoms with Crippen LogP contribution in [0, 0.1) is 11.3 Å². The molecule has 0 bridgehead atoms. The maximum absolute atomic E-state index is 9.66. The standard InChI is InChI=1S/C12H21NO/c1-12(2,3)10-5-6-11(14)9(7-10)8-13-4/h5-6,9,13-14H,7-8H2,1-4H3. The fourth-order valence-corrected chi connectivity index (χ4v) is 1.74. The number of nitrogens with one attached hydrogen (secondary N) is 1. The number of hydrogen-bond donors (Lipinski definition) is 2. The van der Waals surface area contributed by atoms with Crippen LogP contribution in [0.4, 0.5) is 0 Å². The van der Waals surface area contributed by atoms with Gasteiger partial charge in [-0.3, -0.25) is 0 Å². The number of hydrogen-bond acceptors (Lipinski definition) is 2. The Balaban J connectivity index is 2.76. The van der Waals surface area contributed by atoms with Crippen LogP contribution in [0.15, 0.2) is 23.5 Å². The van der Waals surface area contributed by atoms with E-state index in [1.165, 1.54) is 5.57 Å². The van der Waals surface area contributed by atoms with E-state index in [1.807, 2.05) is 13.1 Å². The Kier molecular flexibility index (Phi) is 3.38. The first kappa shape index (κ1) is 11.3. The summed E-state index contributed by atoms with van der Waals surface area (Å²) in [7, 11) is 1.92. The molecule has 80 valence electrons. The van der Waals surface area contributed by atoms with Gasteiger partial charge in [0.1, 0.15) is 0 Å². The zero-order chi connectivity index (χ0) is 10.8. The van der Waals surface area contributed by atoms with Crippen molar-refractivity contribution in [2.45, 2.75) is 27.2 Å². The molecule has 2 nitrogen and oxygen atoms in total. The van der Waals surface area contributed by atoms with Crippen LogP contribution in [0.5, 0.6) is 0 Å². The van der Waals surface area contributed by atoms with Crippen molar-refractivity contribution in [1.82, 2.24) is 5.32 Å². The summed E-state index contributed by atoms with van der Waals surface area (Å²) in [6.07, 6.45) is 4.86. The lowest BCUT2D eigenvalue weighted by Crippen LogP contribution is -2.25. The predicted molar refractivity (Wildman–Crippen MR) is 60.3 cm³/mol. The van der Waals surface area contributed by atoms with Gasteiger partial charge in [0, 0.05) is 12.5 Å². The molecule has 0 saturated heterocycles. The molecule has 0 radical (unpaired) electrons. The van der Waals surface area contributed by atoms with Gasteiger partial charge in [0.05, 0.1) is 5.76 Å². The third-order valence-electron chi connectivity index (χ3n) is 2.75. The molecule has 0 aliphatic heterocycles. The van der Waals surface area contributed by atoms with Crippen LogP contribution >= 0.6 is 0 Å². The summed E-state index contributed by atoms with van der Waals surface area (Å²) < 4.78 is 0. The normalized spacial score (nSPS) is 23.0. The van der Waals surface area contributed by atoms with Crippen LogP contribution in [0.2, 0.25) is 0 Å². The highest BCUT2D eigenvalue weighted by atomic mass is 16.3. The summed E-state index contributed by atoms with van der Waals surface area (Å²) in [4.78, 5) is 0. The molecule has 1 aliphatic rings. The zero-order valence-corrected chi connectivity index (χ0v) is 9.59. The minimum Gasteiger partial charge on any atom is -0.512 e. The maximum Gasteiger partial charge on any atom is 0.0969 e. The van der Waals surface area contributed by atoms with E-state index >= 15 is 0 Å². The van der Waals surface area contributed by atoms with Gasteiger partial charge in [-0.2, -0.15) is 0 Å². The number of aliphatic hydroxyl groups is 1. The Hall–Kier alpha value is -0.760. The minimum atomic E-state index is 0.211. The van der Waals surface area contributed by atoms with E-state index in [0.717, 1.165) is 13.0 Å². The van der Waals surface area contributed by atoms with E-state index in [9.17, 15) is 5.11 Å². The fraction of sp³-hybridized carbons (Fsp3) is 0.667. The molecule has 0 heterocycles. The zero-order valence-electron chi connectivity index (χ0n) is 9.59. The molecule has 0 fully saturated rings. The maximum atomic E-state index is 9.66. The minimum absolute atomic E-state index is 0.211. The van der Waals surface area contributed by atoms with Crippen molar-refractivity contribution in [1.29, 1.82) is 0 Å². The van der Waals surface area contributed by atoms with E-state index in [-0.39, 0.29) is 11.3 Å². The van der Waals surface area contributed by atoms with Crippen molar-refractivity contribution in [3.8, 4) is 0 Å².